The lowest BCUT2D eigenvalue weighted by molar-refractivity contribution is -0.137. The summed E-state index contributed by atoms with van der Waals surface area (Å²) in [6, 6.07) is 4.05. The normalized spacial score (nSPS) is 21.4. The van der Waals surface area contributed by atoms with Crippen molar-refractivity contribution < 1.29 is 26.7 Å². The number of pyridine rings is 1. The zero-order valence-electron chi connectivity index (χ0n) is 17.9. The maximum absolute atomic E-state index is 14.8. The van der Waals surface area contributed by atoms with Crippen molar-refractivity contribution in [3.63, 3.8) is 0 Å². The molecule has 2 aliphatic heterocycles. The molecule has 0 aliphatic carbocycles. The van der Waals surface area contributed by atoms with Crippen LogP contribution in [0.3, 0.4) is 0 Å². The van der Waals surface area contributed by atoms with Gasteiger partial charge in [0.2, 0.25) is 0 Å². The summed E-state index contributed by atoms with van der Waals surface area (Å²) in [5, 5.41) is 2.90. The summed E-state index contributed by atoms with van der Waals surface area (Å²) < 4.78 is 66.8. The number of benzene rings is 1. The summed E-state index contributed by atoms with van der Waals surface area (Å²) in [6.45, 7) is 0. The molecule has 6 nitrogen and oxygen atoms in total. The largest absolute Gasteiger partial charge is 0.417 e. The van der Waals surface area contributed by atoms with E-state index in [1.54, 1.807) is 4.90 Å². The van der Waals surface area contributed by atoms with Gasteiger partial charge in [0, 0.05) is 18.3 Å². The number of anilines is 1. The van der Waals surface area contributed by atoms with Gasteiger partial charge < -0.3 is 10.2 Å². The minimum absolute atomic E-state index is 0.0415. The highest BCUT2D eigenvalue weighted by Crippen LogP contribution is 2.42. The number of amides is 1. The number of alkyl halides is 3. The fourth-order valence-electron chi connectivity index (χ4n) is 4.85. The van der Waals surface area contributed by atoms with Gasteiger partial charge in [-0.05, 0) is 37.5 Å². The Labute approximate surface area is 201 Å². The van der Waals surface area contributed by atoms with E-state index < -0.39 is 29.3 Å². The van der Waals surface area contributed by atoms with Crippen molar-refractivity contribution in [2.24, 2.45) is 0 Å². The van der Waals surface area contributed by atoms with Gasteiger partial charge in [-0.3, -0.25) is 4.79 Å². The lowest BCUT2D eigenvalue weighted by Crippen LogP contribution is -2.40. The first-order chi connectivity index (χ1) is 16.6. The number of rotatable bonds is 4. The second-order valence-electron chi connectivity index (χ2n) is 8.44. The molecule has 12 heteroatoms. The Hall–Kier alpha value is -3.34. The maximum Gasteiger partial charge on any atom is 0.417 e. The molecule has 35 heavy (non-hydrogen) atoms. The van der Waals surface area contributed by atoms with Gasteiger partial charge in [0.15, 0.2) is 11.6 Å². The van der Waals surface area contributed by atoms with Gasteiger partial charge in [-0.1, -0.05) is 17.7 Å². The summed E-state index contributed by atoms with van der Waals surface area (Å²) in [6.07, 6.45) is -0.196. The average molecular weight is 510 g/mol. The monoisotopic (exact) mass is 509 g/mol. The van der Waals surface area contributed by atoms with Crippen LogP contribution < -0.4 is 5.32 Å². The number of halogens is 6. The number of hydrogen-bond acceptors (Lipinski definition) is 5. The molecule has 4 heterocycles. The van der Waals surface area contributed by atoms with Crippen LogP contribution in [0.1, 0.15) is 35.2 Å². The molecule has 1 amide bonds. The van der Waals surface area contributed by atoms with Gasteiger partial charge in [0.1, 0.15) is 11.6 Å². The number of fused-ring (bicyclic) bond motifs is 2. The second kappa shape index (κ2) is 8.71. The summed E-state index contributed by atoms with van der Waals surface area (Å²) in [7, 11) is 0. The van der Waals surface area contributed by atoms with Crippen LogP contribution in [0.15, 0.2) is 42.9 Å². The fourth-order valence-corrected chi connectivity index (χ4v) is 5.07. The SMILES string of the molecule is O=C(c1cccc(F)c1-c1ncc(F)cn1)N1C2CCC1C(Nc1ncc(C(F)(F)F)cc1Cl)C2. The molecule has 0 saturated carbocycles. The van der Waals surface area contributed by atoms with Crippen LogP contribution in [-0.2, 0) is 6.18 Å². The zero-order valence-corrected chi connectivity index (χ0v) is 18.6. The Bertz CT molecular complexity index is 1290. The van der Waals surface area contributed by atoms with E-state index in [1.807, 2.05) is 0 Å². The standard InChI is InChI=1S/C23H17ClF5N5O/c24-15-6-11(23(27,28)29)8-30-20(15)33-17-7-13-4-5-18(17)34(13)22(35)14-2-1-3-16(26)19(14)21-31-9-12(25)10-32-21/h1-3,6,8-10,13,17-18H,4-5,7H2,(H,30,33). The number of nitrogens with one attached hydrogen (secondary N) is 1. The predicted molar refractivity (Wildman–Crippen MR) is 117 cm³/mol. The third kappa shape index (κ3) is 4.29. The third-order valence-electron chi connectivity index (χ3n) is 6.35. The molecule has 1 N–H and O–H groups in total. The van der Waals surface area contributed by atoms with Crippen LogP contribution in [0.5, 0.6) is 0 Å². The number of carbonyl (C=O) groups is 1. The molecule has 2 bridgehead atoms. The highest BCUT2D eigenvalue weighted by molar-refractivity contribution is 6.33. The molecule has 2 fully saturated rings. The van der Waals surface area contributed by atoms with Crippen LogP contribution in [0, 0.1) is 11.6 Å². The number of aromatic nitrogens is 3. The highest BCUT2D eigenvalue weighted by atomic mass is 35.5. The molecule has 3 atom stereocenters. The van der Waals surface area contributed by atoms with Crippen molar-refractivity contribution in [1.82, 2.24) is 19.9 Å². The van der Waals surface area contributed by atoms with Gasteiger partial charge >= 0.3 is 6.18 Å². The van der Waals surface area contributed by atoms with Crippen molar-refractivity contribution in [1.29, 1.82) is 0 Å². The second-order valence-corrected chi connectivity index (χ2v) is 8.84. The quantitative estimate of drug-likeness (QED) is 0.480. The summed E-state index contributed by atoms with van der Waals surface area (Å²) >= 11 is 6.04. The van der Waals surface area contributed by atoms with Gasteiger partial charge in [-0.25, -0.2) is 23.7 Å². The Morgan fingerprint density at radius 2 is 1.83 bits per heavy atom. The lowest BCUT2D eigenvalue weighted by Gasteiger charge is -2.26. The van der Waals surface area contributed by atoms with Crippen molar-refractivity contribution in [3.05, 3.63) is 70.6 Å². The van der Waals surface area contributed by atoms with E-state index in [-0.39, 0.29) is 45.9 Å². The minimum atomic E-state index is -4.57. The number of nitrogens with zero attached hydrogens (tertiary/aromatic N) is 4. The van der Waals surface area contributed by atoms with Crippen molar-refractivity contribution in [2.45, 2.75) is 43.6 Å². The summed E-state index contributed by atoms with van der Waals surface area (Å²) in [4.78, 5) is 26.7. The third-order valence-corrected chi connectivity index (χ3v) is 6.64. The van der Waals surface area contributed by atoms with Crippen molar-refractivity contribution in [2.75, 3.05) is 5.32 Å². The van der Waals surface area contributed by atoms with Crippen LogP contribution in [0.2, 0.25) is 5.02 Å². The topological polar surface area (TPSA) is 71.0 Å². The first-order valence-electron chi connectivity index (χ1n) is 10.7. The van der Waals surface area contributed by atoms with Gasteiger partial charge in [-0.2, -0.15) is 13.2 Å². The molecule has 182 valence electrons. The molecular formula is C23H17ClF5N5O. The van der Waals surface area contributed by atoms with Crippen LogP contribution >= 0.6 is 11.6 Å². The van der Waals surface area contributed by atoms with Crippen LogP contribution in [0.25, 0.3) is 11.4 Å². The van der Waals surface area contributed by atoms with E-state index in [1.165, 1.54) is 18.2 Å². The first kappa shape index (κ1) is 23.4. The van der Waals surface area contributed by atoms with Crippen LogP contribution in [0.4, 0.5) is 27.8 Å². The van der Waals surface area contributed by atoms with Crippen molar-refractivity contribution in [3.8, 4) is 11.4 Å². The Kier molecular flexibility index (Phi) is 5.82. The summed E-state index contributed by atoms with van der Waals surface area (Å²) in [5.74, 6) is -1.87. The molecule has 0 spiro atoms. The molecule has 3 unspecified atom stereocenters. The predicted octanol–water partition coefficient (Wildman–Crippen LogP) is 5.35. The summed E-state index contributed by atoms with van der Waals surface area (Å²) in [5.41, 5.74) is -1.04. The van der Waals surface area contributed by atoms with E-state index in [2.05, 4.69) is 20.3 Å². The first-order valence-corrected chi connectivity index (χ1v) is 11.1. The molecule has 5 rings (SSSR count). The van der Waals surface area contributed by atoms with Crippen LogP contribution in [-0.4, -0.2) is 43.9 Å². The molecule has 2 saturated heterocycles. The molecule has 2 aromatic heterocycles. The Balaban J connectivity index is 1.41. The highest BCUT2D eigenvalue weighted by Gasteiger charge is 2.49. The van der Waals surface area contributed by atoms with Gasteiger partial charge in [-0.15, -0.1) is 0 Å². The molecule has 3 aromatic rings. The Morgan fingerprint density at radius 1 is 1.09 bits per heavy atom. The smallest absolute Gasteiger partial charge is 0.364 e. The van der Waals surface area contributed by atoms with Crippen molar-refractivity contribution >= 4 is 23.3 Å². The van der Waals surface area contributed by atoms with E-state index in [4.69, 9.17) is 11.6 Å². The average Bonchev–Trinajstić information content (AvgIpc) is 3.37. The fraction of sp³-hybridized carbons (Fsp3) is 0.304. The minimum Gasteiger partial charge on any atom is -0.364 e. The number of carbonyl (C=O) groups excluding carboxylic acids is 1. The molecule has 2 aliphatic rings. The molecule has 1 aromatic carbocycles. The zero-order chi connectivity index (χ0) is 24.9. The van der Waals surface area contributed by atoms with E-state index >= 15 is 0 Å². The van der Waals surface area contributed by atoms with Gasteiger partial charge in [0.25, 0.3) is 5.91 Å². The molecule has 0 radical (unpaired) electrons. The van der Waals surface area contributed by atoms with E-state index in [9.17, 15) is 26.7 Å². The number of hydrogen-bond donors (Lipinski definition) is 1. The maximum atomic E-state index is 14.8. The van der Waals surface area contributed by atoms with Gasteiger partial charge in [0.05, 0.1) is 40.1 Å². The molecular weight excluding hydrogens is 493 g/mol. The van der Waals surface area contributed by atoms with E-state index in [0.29, 0.717) is 19.0 Å². The lowest BCUT2D eigenvalue weighted by atomic mass is 9.95. The van der Waals surface area contributed by atoms with E-state index in [0.717, 1.165) is 24.9 Å². The Morgan fingerprint density at radius 3 is 2.51 bits per heavy atom.